The van der Waals surface area contributed by atoms with Crippen LogP contribution in [0.2, 0.25) is 5.02 Å². The molecule has 0 spiro atoms. The molecule has 0 amide bonds. The number of pyridine rings is 1. The highest BCUT2D eigenvalue weighted by Crippen LogP contribution is 2.25. The van der Waals surface area contributed by atoms with Crippen LogP contribution in [0.3, 0.4) is 0 Å². The second kappa shape index (κ2) is 6.04. The van der Waals surface area contributed by atoms with Crippen LogP contribution < -0.4 is 0 Å². The van der Waals surface area contributed by atoms with E-state index < -0.39 is 5.38 Å². The lowest BCUT2D eigenvalue weighted by Gasteiger charge is -2.09. The van der Waals surface area contributed by atoms with Crippen LogP contribution in [0.15, 0.2) is 42.6 Å². The molecule has 1 aromatic carbocycles. The van der Waals surface area contributed by atoms with Crippen LogP contribution >= 0.6 is 23.2 Å². The number of benzene rings is 1. The van der Waals surface area contributed by atoms with Crippen molar-refractivity contribution in [3.63, 3.8) is 0 Å². The van der Waals surface area contributed by atoms with Crippen LogP contribution in [0.25, 0.3) is 0 Å². The first kappa shape index (κ1) is 13.8. The lowest BCUT2D eigenvalue weighted by atomic mass is 10.1. The molecule has 1 heterocycles. The Balaban J connectivity index is 2.10. The van der Waals surface area contributed by atoms with E-state index >= 15 is 0 Å². The molecule has 1 aromatic heterocycles. The Hall–Kier alpha value is -1.58. The van der Waals surface area contributed by atoms with E-state index in [9.17, 15) is 9.90 Å². The van der Waals surface area contributed by atoms with Crippen molar-refractivity contribution in [2.24, 2.45) is 0 Å². The van der Waals surface area contributed by atoms with Gasteiger partial charge in [0.15, 0.2) is 5.78 Å². The Morgan fingerprint density at radius 2 is 2.11 bits per heavy atom. The lowest BCUT2D eigenvalue weighted by Crippen LogP contribution is -2.18. The third-order valence-corrected chi connectivity index (χ3v) is 3.28. The minimum absolute atomic E-state index is 0.00703. The van der Waals surface area contributed by atoms with E-state index in [-0.39, 0.29) is 16.6 Å². The van der Waals surface area contributed by atoms with Crippen LogP contribution in [-0.2, 0) is 6.42 Å². The van der Waals surface area contributed by atoms with Gasteiger partial charge in [-0.15, -0.1) is 11.6 Å². The predicted molar refractivity (Wildman–Crippen MR) is 75.0 cm³/mol. The van der Waals surface area contributed by atoms with Crippen molar-refractivity contribution < 1.29 is 9.90 Å². The maximum absolute atomic E-state index is 12.0. The molecule has 0 fully saturated rings. The molecule has 1 atom stereocenters. The van der Waals surface area contributed by atoms with Crippen LogP contribution in [-0.4, -0.2) is 21.3 Å². The third kappa shape index (κ3) is 3.46. The number of carbonyl (C=O) groups is 1. The Labute approximate surface area is 120 Å². The van der Waals surface area contributed by atoms with Crippen molar-refractivity contribution in [1.29, 1.82) is 0 Å². The van der Waals surface area contributed by atoms with E-state index in [4.69, 9.17) is 23.2 Å². The first-order chi connectivity index (χ1) is 9.08. The number of alkyl halides is 1. The largest absolute Gasteiger partial charge is 0.506 e. The molecule has 1 N–H and O–H groups in total. The standard InChI is InChI=1S/C14H11Cl2NO2/c15-10-7-9(4-5-13(10)18)8-11(16)14(19)12-3-1-2-6-17-12/h1-7,11,18H,8H2. The van der Waals surface area contributed by atoms with Gasteiger partial charge < -0.3 is 5.11 Å². The summed E-state index contributed by atoms with van der Waals surface area (Å²) in [6.45, 7) is 0. The number of ketones is 1. The molecule has 19 heavy (non-hydrogen) atoms. The Morgan fingerprint density at radius 1 is 1.32 bits per heavy atom. The number of aromatic hydroxyl groups is 1. The molecule has 98 valence electrons. The molecule has 2 aromatic rings. The van der Waals surface area contributed by atoms with Gasteiger partial charge in [0.2, 0.25) is 0 Å². The molecule has 1 unspecified atom stereocenters. The van der Waals surface area contributed by atoms with E-state index in [1.165, 1.54) is 6.07 Å². The summed E-state index contributed by atoms with van der Waals surface area (Å²) < 4.78 is 0. The van der Waals surface area contributed by atoms with E-state index in [1.807, 2.05) is 0 Å². The van der Waals surface area contributed by atoms with Gasteiger partial charge in [0.05, 0.1) is 5.02 Å². The summed E-state index contributed by atoms with van der Waals surface area (Å²) in [7, 11) is 0. The fourth-order valence-electron chi connectivity index (χ4n) is 1.65. The first-order valence-electron chi connectivity index (χ1n) is 5.64. The number of halogens is 2. The van der Waals surface area contributed by atoms with Gasteiger partial charge in [-0.2, -0.15) is 0 Å². The normalized spacial score (nSPS) is 12.1. The molecule has 0 aliphatic carbocycles. The van der Waals surface area contributed by atoms with Crippen LogP contribution in [0.1, 0.15) is 16.1 Å². The second-order valence-corrected chi connectivity index (χ2v) is 4.97. The summed E-state index contributed by atoms with van der Waals surface area (Å²) in [5.74, 6) is -0.223. The maximum atomic E-state index is 12.0. The molecular weight excluding hydrogens is 285 g/mol. The molecule has 0 saturated heterocycles. The summed E-state index contributed by atoms with van der Waals surface area (Å²) in [6.07, 6.45) is 1.88. The molecule has 0 bridgehead atoms. The maximum Gasteiger partial charge on any atom is 0.199 e. The van der Waals surface area contributed by atoms with Gasteiger partial charge in [-0.3, -0.25) is 9.78 Å². The summed E-state index contributed by atoms with van der Waals surface area (Å²) in [5.41, 5.74) is 1.12. The third-order valence-electron chi connectivity index (χ3n) is 2.63. The zero-order chi connectivity index (χ0) is 13.8. The molecular formula is C14H11Cl2NO2. The number of phenolic OH excluding ortho intramolecular Hbond substituents is 1. The molecule has 0 aliphatic rings. The zero-order valence-electron chi connectivity index (χ0n) is 9.88. The van der Waals surface area contributed by atoms with Gasteiger partial charge in [-0.05, 0) is 36.2 Å². The van der Waals surface area contributed by atoms with Gasteiger partial charge in [-0.1, -0.05) is 23.7 Å². The minimum atomic E-state index is -0.712. The number of phenols is 1. The van der Waals surface area contributed by atoms with Gasteiger partial charge in [0, 0.05) is 6.20 Å². The second-order valence-electron chi connectivity index (χ2n) is 4.04. The quantitative estimate of drug-likeness (QED) is 0.694. The first-order valence-corrected chi connectivity index (χ1v) is 6.46. The van der Waals surface area contributed by atoms with Crippen molar-refractivity contribution in [3.05, 3.63) is 58.9 Å². The molecule has 3 nitrogen and oxygen atoms in total. The molecule has 0 saturated carbocycles. The van der Waals surface area contributed by atoms with Crippen molar-refractivity contribution in [3.8, 4) is 5.75 Å². The summed E-state index contributed by atoms with van der Waals surface area (Å²) in [4.78, 5) is 16.0. The number of aromatic nitrogens is 1. The van der Waals surface area contributed by atoms with Gasteiger partial charge in [0.25, 0.3) is 0 Å². The van der Waals surface area contributed by atoms with Gasteiger partial charge >= 0.3 is 0 Å². The number of hydrogen-bond acceptors (Lipinski definition) is 3. The molecule has 0 radical (unpaired) electrons. The highest BCUT2D eigenvalue weighted by molar-refractivity contribution is 6.34. The van der Waals surface area contributed by atoms with E-state index in [2.05, 4.69) is 4.98 Å². The minimum Gasteiger partial charge on any atom is -0.506 e. The van der Waals surface area contributed by atoms with E-state index in [1.54, 1.807) is 36.5 Å². The number of hydrogen-bond donors (Lipinski definition) is 1. The van der Waals surface area contributed by atoms with Crippen molar-refractivity contribution in [2.45, 2.75) is 11.8 Å². The Morgan fingerprint density at radius 3 is 2.74 bits per heavy atom. The zero-order valence-corrected chi connectivity index (χ0v) is 11.4. The van der Waals surface area contributed by atoms with Crippen LogP contribution in [0.5, 0.6) is 5.75 Å². The smallest absolute Gasteiger partial charge is 0.199 e. The van der Waals surface area contributed by atoms with Crippen molar-refractivity contribution >= 4 is 29.0 Å². The van der Waals surface area contributed by atoms with Crippen LogP contribution in [0.4, 0.5) is 0 Å². The molecule has 2 rings (SSSR count). The van der Waals surface area contributed by atoms with Gasteiger partial charge in [0.1, 0.15) is 16.8 Å². The number of carbonyl (C=O) groups excluding carboxylic acids is 1. The summed E-state index contributed by atoms with van der Waals surface area (Å²) in [5, 5.41) is 8.85. The fraction of sp³-hybridized carbons (Fsp3) is 0.143. The SMILES string of the molecule is O=C(c1ccccn1)C(Cl)Cc1ccc(O)c(Cl)c1. The Bertz CT molecular complexity index is 587. The highest BCUT2D eigenvalue weighted by atomic mass is 35.5. The van der Waals surface area contributed by atoms with Crippen molar-refractivity contribution in [2.75, 3.05) is 0 Å². The van der Waals surface area contributed by atoms with Gasteiger partial charge in [-0.25, -0.2) is 0 Å². The van der Waals surface area contributed by atoms with Crippen LogP contribution in [0, 0.1) is 0 Å². The molecule has 5 heteroatoms. The topological polar surface area (TPSA) is 50.2 Å². The fourth-order valence-corrected chi connectivity index (χ4v) is 2.14. The highest BCUT2D eigenvalue weighted by Gasteiger charge is 2.19. The summed E-state index contributed by atoms with van der Waals surface area (Å²) in [6, 6.07) is 9.86. The lowest BCUT2D eigenvalue weighted by molar-refractivity contribution is 0.0982. The Kier molecular flexibility index (Phi) is 4.40. The number of nitrogens with zero attached hydrogens (tertiary/aromatic N) is 1. The van der Waals surface area contributed by atoms with E-state index in [0.717, 1.165) is 5.56 Å². The predicted octanol–water partition coefficient (Wildman–Crippen LogP) is 3.47. The van der Waals surface area contributed by atoms with Crippen molar-refractivity contribution in [1.82, 2.24) is 4.98 Å². The molecule has 0 aliphatic heterocycles. The average molecular weight is 296 g/mol. The number of Topliss-reactive ketones (excluding diaryl/α,β-unsaturated/α-hetero) is 1. The monoisotopic (exact) mass is 295 g/mol. The number of rotatable bonds is 4. The van der Waals surface area contributed by atoms with E-state index in [0.29, 0.717) is 12.1 Å². The average Bonchev–Trinajstić information content (AvgIpc) is 2.43. The summed E-state index contributed by atoms with van der Waals surface area (Å²) >= 11 is 11.9.